The molecule has 9 heteroatoms. The van der Waals surface area contributed by atoms with E-state index in [0.717, 1.165) is 25.5 Å². The lowest BCUT2D eigenvalue weighted by molar-refractivity contribution is 0.0126. The first-order valence-electron chi connectivity index (χ1n) is 10.2. The summed E-state index contributed by atoms with van der Waals surface area (Å²) in [6.07, 6.45) is 5.48. The Kier molecular flexibility index (Phi) is 5.86. The first kappa shape index (κ1) is 21.2. The van der Waals surface area contributed by atoms with Gasteiger partial charge in [-0.3, -0.25) is 4.79 Å². The first-order chi connectivity index (χ1) is 14.8. The minimum atomic E-state index is -3.14. The Labute approximate surface area is 178 Å². The number of alkyl halides is 2. The Hall–Kier alpha value is -3.07. The second-order valence-electron chi connectivity index (χ2n) is 7.55. The molecule has 0 spiro atoms. The van der Waals surface area contributed by atoms with Crippen molar-refractivity contribution in [2.45, 2.75) is 38.5 Å². The monoisotopic (exact) mass is 430 g/mol. The van der Waals surface area contributed by atoms with E-state index in [1.165, 1.54) is 18.2 Å². The maximum absolute atomic E-state index is 13.6. The lowest BCUT2D eigenvalue weighted by atomic mass is 9.97. The second-order valence-corrected chi connectivity index (χ2v) is 7.55. The number of carbonyl (C=O) groups excluding carboxylic acids is 1. The number of nitrogens with zero attached hydrogens (tertiary/aromatic N) is 3. The van der Waals surface area contributed by atoms with Crippen molar-refractivity contribution in [1.82, 2.24) is 14.4 Å². The van der Waals surface area contributed by atoms with Gasteiger partial charge >= 0.3 is 0 Å². The summed E-state index contributed by atoms with van der Waals surface area (Å²) in [5.74, 6) is -2.96. The summed E-state index contributed by atoms with van der Waals surface area (Å²) < 4.78 is 40.1. The van der Waals surface area contributed by atoms with Crippen LogP contribution in [0.15, 0.2) is 36.7 Å². The molecule has 0 aromatic carbocycles. The smallest absolute Gasteiger partial charge is 0.287 e. The van der Waals surface area contributed by atoms with E-state index in [1.807, 2.05) is 17.5 Å². The normalized spacial score (nSPS) is 15.2. The molecular weight excluding hydrogens is 406 g/mol. The molecule has 0 aliphatic carbocycles. The third-order valence-electron chi connectivity index (χ3n) is 5.19. The minimum Gasteiger partial charge on any atom is -0.491 e. The van der Waals surface area contributed by atoms with E-state index < -0.39 is 17.5 Å². The number of nitrogens with one attached hydrogen (secondary N) is 1. The van der Waals surface area contributed by atoms with Crippen LogP contribution in [0.1, 0.15) is 54.5 Å². The Morgan fingerprint density at radius 1 is 1.29 bits per heavy atom. The van der Waals surface area contributed by atoms with Gasteiger partial charge in [0.25, 0.3) is 11.8 Å². The molecule has 1 fully saturated rings. The number of ether oxygens (including phenoxy) is 2. The number of fused-ring (bicyclic) bond motifs is 1. The van der Waals surface area contributed by atoms with Crippen LogP contribution in [0, 0.1) is 0 Å². The predicted molar refractivity (Wildman–Crippen MR) is 111 cm³/mol. The van der Waals surface area contributed by atoms with Crippen LogP contribution in [0.5, 0.6) is 5.75 Å². The molecular formula is C22H24F2N4O3. The lowest BCUT2D eigenvalue weighted by Crippen LogP contribution is -2.18. The molecule has 7 nitrogen and oxygen atoms in total. The number of imidazole rings is 1. The van der Waals surface area contributed by atoms with Crippen LogP contribution in [0.3, 0.4) is 0 Å². The number of halogens is 2. The second kappa shape index (κ2) is 8.58. The van der Waals surface area contributed by atoms with Crippen LogP contribution in [0.2, 0.25) is 0 Å². The Balaban J connectivity index is 1.64. The van der Waals surface area contributed by atoms with Crippen molar-refractivity contribution in [3.05, 3.63) is 53.7 Å². The molecule has 0 saturated carbocycles. The molecule has 164 valence electrons. The van der Waals surface area contributed by atoms with E-state index in [1.54, 1.807) is 12.3 Å². The highest BCUT2D eigenvalue weighted by Crippen LogP contribution is 2.31. The summed E-state index contributed by atoms with van der Waals surface area (Å²) in [4.78, 5) is 21.3. The Morgan fingerprint density at radius 3 is 2.77 bits per heavy atom. The van der Waals surface area contributed by atoms with Gasteiger partial charge in [0.1, 0.15) is 28.5 Å². The van der Waals surface area contributed by atoms with Gasteiger partial charge in [-0.25, -0.2) is 9.97 Å². The molecule has 0 bridgehead atoms. The molecule has 0 radical (unpaired) electrons. The number of amides is 1. The van der Waals surface area contributed by atoms with Crippen LogP contribution in [0.25, 0.3) is 5.65 Å². The molecule has 0 atom stereocenters. The number of pyridine rings is 2. The molecule has 3 aromatic rings. The van der Waals surface area contributed by atoms with E-state index in [2.05, 4.69) is 10.3 Å². The summed E-state index contributed by atoms with van der Waals surface area (Å²) in [6, 6.07) is 5.73. The summed E-state index contributed by atoms with van der Waals surface area (Å²) >= 11 is 0. The van der Waals surface area contributed by atoms with Gasteiger partial charge in [-0.15, -0.1) is 0 Å². The first-order valence-corrected chi connectivity index (χ1v) is 10.2. The highest BCUT2D eigenvalue weighted by atomic mass is 19.3. The van der Waals surface area contributed by atoms with Crippen molar-refractivity contribution >= 4 is 17.2 Å². The molecule has 4 heterocycles. The van der Waals surface area contributed by atoms with Gasteiger partial charge in [0.15, 0.2) is 0 Å². The fourth-order valence-corrected chi connectivity index (χ4v) is 3.59. The molecule has 1 aliphatic heterocycles. The summed E-state index contributed by atoms with van der Waals surface area (Å²) in [5, 5.41) is 2.73. The molecule has 0 unspecified atom stereocenters. The van der Waals surface area contributed by atoms with Crippen molar-refractivity contribution in [2.75, 3.05) is 25.1 Å². The SMILES string of the molecule is CCOc1cc2nc(C3CCOCC3)cn2cc1NC(=O)c1cccc(C(C)(F)F)n1. The number of hydrogen-bond donors (Lipinski definition) is 1. The fraction of sp³-hybridized carbons (Fsp3) is 0.409. The van der Waals surface area contributed by atoms with Gasteiger partial charge in [-0.2, -0.15) is 8.78 Å². The van der Waals surface area contributed by atoms with Gasteiger partial charge in [0.05, 0.1) is 12.3 Å². The van der Waals surface area contributed by atoms with Crippen LogP contribution in [-0.2, 0) is 10.7 Å². The van der Waals surface area contributed by atoms with Gasteiger partial charge in [0.2, 0.25) is 0 Å². The van der Waals surface area contributed by atoms with E-state index in [-0.39, 0.29) is 5.69 Å². The van der Waals surface area contributed by atoms with Crippen LogP contribution >= 0.6 is 0 Å². The van der Waals surface area contributed by atoms with Gasteiger partial charge in [-0.05, 0) is 31.9 Å². The van der Waals surface area contributed by atoms with Crippen molar-refractivity contribution in [1.29, 1.82) is 0 Å². The zero-order valence-corrected chi connectivity index (χ0v) is 17.4. The third-order valence-corrected chi connectivity index (χ3v) is 5.19. The lowest BCUT2D eigenvalue weighted by Gasteiger charge is -2.19. The maximum atomic E-state index is 13.6. The zero-order valence-electron chi connectivity index (χ0n) is 17.4. The molecule has 3 aromatic heterocycles. The highest BCUT2D eigenvalue weighted by Gasteiger charge is 2.27. The molecule has 1 N–H and O–H groups in total. The summed E-state index contributed by atoms with van der Waals surface area (Å²) in [5.41, 5.74) is 1.51. The van der Waals surface area contributed by atoms with E-state index in [0.29, 0.717) is 42.8 Å². The Morgan fingerprint density at radius 2 is 2.06 bits per heavy atom. The molecule has 1 aliphatic rings. The van der Waals surface area contributed by atoms with E-state index >= 15 is 0 Å². The average molecular weight is 430 g/mol. The average Bonchev–Trinajstić information content (AvgIpc) is 3.17. The van der Waals surface area contributed by atoms with Gasteiger partial charge < -0.3 is 19.2 Å². The Bertz CT molecular complexity index is 1090. The van der Waals surface area contributed by atoms with Crippen molar-refractivity contribution in [3.8, 4) is 5.75 Å². The standard InChI is InChI=1S/C22H24F2N4O3/c1-3-31-18-11-20-26-16(14-7-9-30-10-8-14)12-28(20)13-17(18)27-21(29)15-5-4-6-19(25-15)22(2,23)24/h4-6,11-14H,3,7-10H2,1-2H3,(H,27,29). The molecule has 4 rings (SSSR count). The number of rotatable bonds is 6. The topological polar surface area (TPSA) is 77.8 Å². The largest absolute Gasteiger partial charge is 0.491 e. The van der Waals surface area contributed by atoms with Crippen LogP contribution < -0.4 is 10.1 Å². The van der Waals surface area contributed by atoms with Crippen LogP contribution in [-0.4, -0.2) is 40.1 Å². The minimum absolute atomic E-state index is 0.102. The highest BCUT2D eigenvalue weighted by molar-refractivity contribution is 6.03. The third kappa shape index (κ3) is 4.66. The van der Waals surface area contributed by atoms with Crippen LogP contribution in [0.4, 0.5) is 14.5 Å². The predicted octanol–water partition coefficient (Wildman–Crippen LogP) is 4.39. The number of carbonyl (C=O) groups is 1. The number of anilines is 1. The quantitative estimate of drug-likeness (QED) is 0.628. The number of hydrogen-bond acceptors (Lipinski definition) is 5. The van der Waals surface area contributed by atoms with Gasteiger partial charge in [0, 0.05) is 44.5 Å². The fourth-order valence-electron chi connectivity index (χ4n) is 3.59. The van der Waals surface area contributed by atoms with Crippen molar-refractivity contribution < 1.29 is 23.0 Å². The van der Waals surface area contributed by atoms with Crippen molar-refractivity contribution in [3.63, 3.8) is 0 Å². The number of aromatic nitrogens is 3. The maximum Gasteiger partial charge on any atom is 0.287 e. The molecule has 31 heavy (non-hydrogen) atoms. The van der Waals surface area contributed by atoms with Crippen molar-refractivity contribution in [2.24, 2.45) is 0 Å². The molecule has 1 saturated heterocycles. The summed E-state index contributed by atoms with van der Waals surface area (Å²) in [6.45, 7) is 4.40. The van der Waals surface area contributed by atoms with E-state index in [9.17, 15) is 13.6 Å². The van der Waals surface area contributed by atoms with E-state index in [4.69, 9.17) is 14.5 Å². The van der Waals surface area contributed by atoms with Gasteiger partial charge in [-0.1, -0.05) is 6.07 Å². The molecule has 1 amide bonds. The summed E-state index contributed by atoms with van der Waals surface area (Å²) in [7, 11) is 0. The zero-order chi connectivity index (χ0) is 22.0.